The highest BCUT2D eigenvalue weighted by atomic mass is 16.5. The first-order valence-electron chi connectivity index (χ1n) is 7.11. The van der Waals surface area contributed by atoms with Gasteiger partial charge in [-0.2, -0.15) is 0 Å². The lowest BCUT2D eigenvalue weighted by Gasteiger charge is -2.16. The number of rotatable bonds is 6. The molecule has 0 aliphatic carbocycles. The maximum absolute atomic E-state index is 5.47. The van der Waals surface area contributed by atoms with Crippen molar-refractivity contribution >= 4 is 5.69 Å². The molecule has 0 saturated carbocycles. The second-order valence-electron chi connectivity index (χ2n) is 5.14. The zero-order valence-electron chi connectivity index (χ0n) is 13.2. The Hall–Kier alpha value is -2.00. The van der Waals surface area contributed by atoms with Crippen molar-refractivity contribution < 1.29 is 9.47 Å². The van der Waals surface area contributed by atoms with Gasteiger partial charge in [-0.25, -0.2) is 0 Å². The van der Waals surface area contributed by atoms with Gasteiger partial charge in [0.05, 0.1) is 13.7 Å². The predicted molar refractivity (Wildman–Crippen MR) is 86.9 cm³/mol. The fourth-order valence-electron chi connectivity index (χ4n) is 2.55. The van der Waals surface area contributed by atoms with Crippen molar-refractivity contribution in [2.45, 2.75) is 27.0 Å². The molecule has 0 amide bonds. The molecular weight excluding hydrogens is 262 g/mol. The standard InChI is InChI=1S/C18H23NO2/c1-13-9-10-17(14(2)18(13)21-4)19-11-15-7-5-6-8-16(15)12-20-3/h5-10,19H,11-12H2,1-4H3. The monoisotopic (exact) mass is 285 g/mol. The summed E-state index contributed by atoms with van der Waals surface area (Å²) in [5.41, 5.74) is 5.86. The molecule has 0 saturated heterocycles. The Bertz CT molecular complexity index is 608. The van der Waals surface area contributed by atoms with Crippen LogP contribution >= 0.6 is 0 Å². The van der Waals surface area contributed by atoms with Crippen LogP contribution in [0.3, 0.4) is 0 Å². The van der Waals surface area contributed by atoms with Gasteiger partial charge in [0, 0.05) is 24.9 Å². The first kappa shape index (κ1) is 15.4. The smallest absolute Gasteiger partial charge is 0.126 e. The minimum atomic E-state index is 0.633. The van der Waals surface area contributed by atoms with E-state index in [4.69, 9.17) is 9.47 Å². The van der Waals surface area contributed by atoms with Gasteiger partial charge in [0.25, 0.3) is 0 Å². The highest BCUT2D eigenvalue weighted by Gasteiger charge is 2.08. The summed E-state index contributed by atoms with van der Waals surface area (Å²) < 4.78 is 10.7. The lowest BCUT2D eigenvalue weighted by atomic mass is 10.1. The van der Waals surface area contributed by atoms with Crippen LogP contribution < -0.4 is 10.1 Å². The van der Waals surface area contributed by atoms with Crippen LogP contribution in [-0.4, -0.2) is 14.2 Å². The Morgan fingerprint density at radius 3 is 2.33 bits per heavy atom. The fraction of sp³-hybridized carbons (Fsp3) is 0.333. The van der Waals surface area contributed by atoms with Crippen molar-refractivity contribution in [2.75, 3.05) is 19.5 Å². The average Bonchev–Trinajstić information content (AvgIpc) is 2.49. The number of aryl methyl sites for hydroxylation is 1. The Balaban J connectivity index is 2.17. The van der Waals surface area contributed by atoms with Gasteiger partial charge in [-0.3, -0.25) is 0 Å². The van der Waals surface area contributed by atoms with E-state index in [1.54, 1.807) is 14.2 Å². The van der Waals surface area contributed by atoms with E-state index in [2.05, 4.69) is 49.5 Å². The van der Waals surface area contributed by atoms with Crippen LogP contribution in [0.25, 0.3) is 0 Å². The summed E-state index contributed by atoms with van der Waals surface area (Å²) in [5.74, 6) is 0.949. The molecule has 0 fully saturated rings. The summed E-state index contributed by atoms with van der Waals surface area (Å²) in [4.78, 5) is 0. The van der Waals surface area contributed by atoms with Crippen LogP contribution in [0.2, 0.25) is 0 Å². The van der Waals surface area contributed by atoms with Crippen LogP contribution in [0.5, 0.6) is 5.75 Å². The number of ether oxygens (including phenoxy) is 2. The average molecular weight is 285 g/mol. The van der Waals surface area contributed by atoms with Crippen molar-refractivity contribution in [1.82, 2.24) is 0 Å². The highest BCUT2D eigenvalue weighted by Crippen LogP contribution is 2.29. The Morgan fingerprint density at radius 1 is 0.952 bits per heavy atom. The van der Waals surface area contributed by atoms with Gasteiger partial charge < -0.3 is 14.8 Å². The first-order chi connectivity index (χ1) is 10.2. The van der Waals surface area contributed by atoms with Crippen LogP contribution in [0.15, 0.2) is 36.4 Å². The largest absolute Gasteiger partial charge is 0.496 e. The number of hydrogen-bond acceptors (Lipinski definition) is 3. The predicted octanol–water partition coefficient (Wildman–Crippen LogP) is 4.07. The van der Waals surface area contributed by atoms with Crippen LogP contribution in [0.4, 0.5) is 5.69 Å². The van der Waals surface area contributed by atoms with Gasteiger partial charge in [0.2, 0.25) is 0 Å². The molecular formula is C18H23NO2. The quantitative estimate of drug-likeness (QED) is 0.868. The van der Waals surface area contributed by atoms with Crippen molar-refractivity contribution in [3.8, 4) is 5.75 Å². The van der Waals surface area contributed by atoms with E-state index >= 15 is 0 Å². The van der Waals surface area contributed by atoms with E-state index < -0.39 is 0 Å². The summed E-state index contributed by atoms with van der Waals surface area (Å²) >= 11 is 0. The molecule has 1 N–H and O–H groups in total. The molecule has 0 aliphatic heterocycles. The summed E-state index contributed by atoms with van der Waals surface area (Å²) in [5, 5.41) is 3.49. The second kappa shape index (κ2) is 7.14. The molecule has 0 spiro atoms. The molecule has 112 valence electrons. The minimum Gasteiger partial charge on any atom is -0.496 e. The van der Waals surface area contributed by atoms with Crippen LogP contribution in [0, 0.1) is 13.8 Å². The Kier molecular flexibility index (Phi) is 5.23. The zero-order chi connectivity index (χ0) is 15.2. The van der Waals surface area contributed by atoms with E-state index in [9.17, 15) is 0 Å². The molecule has 0 radical (unpaired) electrons. The SMILES string of the molecule is COCc1ccccc1CNc1ccc(C)c(OC)c1C. The zero-order valence-corrected chi connectivity index (χ0v) is 13.2. The molecule has 2 rings (SSSR count). The summed E-state index contributed by atoms with van der Waals surface area (Å²) in [6, 6.07) is 12.5. The molecule has 0 atom stereocenters. The summed E-state index contributed by atoms with van der Waals surface area (Å²) in [6.45, 7) is 5.54. The molecule has 0 aliphatic rings. The van der Waals surface area contributed by atoms with E-state index in [-0.39, 0.29) is 0 Å². The summed E-state index contributed by atoms with van der Waals surface area (Å²) in [7, 11) is 3.44. The van der Waals surface area contributed by atoms with E-state index in [1.807, 2.05) is 6.07 Å². The lowest BCUT2D eigenvalue weighted by molar-refractivity contribution is 0.184. The van der Waals surface area contributed by atoms with Crippen molar-refractivity contribution in [3.05, 3.63) is 58.7 Å². The topological polar surface area (TPSA) is 30.5 Å². The van der Waals surface area contributed by atoms with Gasteiger partial charge in [-0.15, -0.1) is 0 Å². The van der Waals surface area contributed by atoms with Gasteiger partial charge >= 0.3 is 0 Å². The molecule has 2 aromatic rings. The molecule has 0 aromatic heterocycles. The van der Waals surface area contributed by atoms with E-state index in [0.717, 1.165) is 29.1 Å². The molecule has 0 heterocycles. The first-order valence-corrected chi connectivity index (χ1v) is 7.11. The number of benzene rings is 2. The normalized spacial score (nSPS) is 10.5. The molecule has 0 unspecified atom stereocenters. The third kappa shape index (κ3) is 3.56. The van der Waals surface area contributed by atoms with Crippen molar-refractivity contribution in [1.29, 1.82) is 0 Å². The highest BCUT2D eigenvalue weighted by molar-refractivity contribution is 5.59. The van der Waals surface area contributed by atoms with Gasteiger partial charge in [0.15, 0.2) is 0 Å². The maximum Gasteiger partial charge on any atom is 0.126 e. The number of hydrogen-bond donors (Lipinski definition) is 1. The lowest BCUT2D eigenvalue weighted by Crippen LogP contribution is -2.05. The van der Waals surface area contributed by atoms with Crippen molar-refractivity contribution in [3.63, 3.8) is 0 Å². The van der Waals surface area contributed by atoms with Gasteiger partial charge in [-0.05, 0) is 36.6 Å². The van der Waals surface area contributed by atoms with E-state index in [1.165, 1.54) is 11.1 Å². The second-order valence-corrected chi connectivity index (χ2v) is 5.14. The number of nitrogens with one attached hydrogen (secondary N) is 1. The van der Waals surface area contributed by atoms with Crippen LogP contribution in [-0.2, 0) is 17.9 Å². The molecule has 3 heteroatoms. The maximum atomic E-state index is 5.47. The molecule has 21 heavy (non-hydrogen) atoms. The van der Waals surface area contributed by atoms with E-state index in [0.29, 0.717) is 6.61 Å². The molecule has 3 nitrogen and oxygen atoms in total. The third-order valence-electron chi connectivity index (χ3n) is 3.69. The van der Waals surface area contributed by atoms with Gasteiger partial charge in [0.1, 0.15) is 5.75 Å². The fourth-order valence-corrected chi connectivity index (χ4v) is 2.55. The minimum absolute atomic E-state index is 0.633. The molecule has 2 aromatic carbocycles. The third-order valence-corrected chi connectivity index (χ3v) is 3.69. The molecule has 0 bridgehead atoms. The number of anilines is 1. The Labute approximate surface area is 126 Å². The number of methoxy groups -OCH3 is 2. The van der Waals surface area contributed by atoms with Crippen molar-refractivity contribution in [2.24, 2.45) is 0 Å². The summed E-state index contributed by atoms with van der Waals surface area (Å²) in [6.07, 6.45) is 0. The Morgan fingerprint density at radius 2 is 1.67 bits per heavy atom. The van der Waals surface area contributed by atoms with Crippen LogP contribution in [0.1, 0.15) is 22.3 Å². The van der Waals surface area contributed by atoms with Gasteiger partial charge in [-0.1, -0.05) is 30.3 Å².